The Morgan fingerprint density at radius 3 is 2.76 bits per heavy atom. The minimum Gasteiger partial charge on any atom is -0.497 e. The van der Waals surface area contributed by atoms with Crippen molar-refractivity contribution in [2.75, 3.05) is 20.2 Å². The highest BCUT2D eigenvalue weighted by Gasteiger charge is 2.08. The maximum Gasteiger partial charge on any atom is 0.226 e. The third-order valence-electron chi connectivity index (χ3n) is 3.70. The third kappa shape index (κ3) is 6.45. The quantitative estimate of drug-likeness (QED) is 0.390. The van der Waals surface area contributed by atoms with Gasteiger partial charge in [0.15, 0.2) is 5.96 Å². The number of hydrogen-bond acceptors (Lipinski definition) is 5. The molecular weight excluding hydrogens is 318 g/mol. The van der Waals surface area contributed by atoms with Crippen LogP contribution in [0.3, 0.4) is 0 Å². The van der Waals surface area contributed by atoms with E-state index in [1.165, 1.54) is 0 Å². The standard InChI is InChI=1S/C18H27N5O2/c1-3-12-20-18(19)21-13-6-4-5-7-16-22-17(23-25-16)14-8-10-15(24-2)11-9-14/h8-11H,3-7,12-13H2,1-2H3,(H3,19,20,21). The molecule has 2 aromatic rings. The first-order valence-corrected chi connectivity index (χ1v) is 8.73. The van der Waals surface area contributed by atoms with Crippen LogP contribution in [0.5, 0.6) is 5.75 Å². The van der Waals surface area contributed by atoms with Gasteiger partial charge in [-0.15, -0.1) is 0 Å². The zero-order valence-corrected chi connectivity index (χ0v) is 15.0. The Balaban J connectivity index is 1.67. The number of ether oxygens (including phenoxy) is 1. The lowest BCUT2D eigenvalue weighted by atomic mass is 10.2. The molecule has 0 atom stereocenters. The second-order valence-corrected chi connectivity index (χ2v) is 5.74. The molecule has 25 heavy (non-hydrogen) atoms. The Morgan fingerprint density at radius 2 is 2.04 bits per heavy atom. The van der Waals surface area contributed by atoms with Gasteiger partial charge >= 0.3 is 0 Å². The molecule has 1 aromatic heterocycles. The summed E-state index contributed by atoms with van der Waals surface area (Å²) >= 11 is 0. The number of nitrogens with zero attached hydrogens (tertiary/aromatic N) is 3. The smallest absolute Gasteiger partial charge is 0.226 e. The van der Waals surface area contributed by atoms with Crippen molar-refractivity contribution in [3.8, 4) is 17.1 Å². The van der Waals surface area contributed by atoms with Crippen LogP contribution in [0.25, 0.3) is 11.4 Å². The first-order valence-electron chi connectivity index (χ1n) is 8.73. The van der Waals surface area contributed by atoms with Crippen LogP contribution in [0.1, 0.15) is 38.5 Å². The molecule has 0 saturated carbocycles. The van der Waals surface area contributed by atoms with Gasteiger partial charge in [0.25, 0.3) is 0 Å². The fraction of sp³-hybridized carbons (Fsp3) is 0.500. The van der Waals surface area contributed by atoms with Gasteiger partial charge in [0.1, 0.15) is 5.75 Å². The van der Waals surface area contributed by atoms with Crippen molar-refractivity contribution in [2.24, 2.45) is 10.7 Å². The summed E-state index contributed by atoms with van der Waals surface area (Å²) in [5.74, 6) is 2.62. The number of hydrogen-bond donors (Lipinski definition) is 2. The normalized spacial score (nSPS) is 11.5. The van der Waals surface area contributed by atoms with Crippen molar-refractivity contribution in [2.45, 2.75) is 39.0 Å². The lowest BCUT2D eigenvalue weighted by Crippen LogP contribution is -2.32. The van der Waals surface area contributed by atoms with E-state index in [0.29, 0.717) is 17.7 Å². The van der Waals surface area contributed by atoms with Crippen LogP contribution in [-0.4, -0.2) is 36.3 Å². The SMILES string of the molecule is CCCN=C(N)NCCCCCc1nc(-c2ccc(OC)cc2)no1. The van der Waals surface area contributed by atoms with Gasteiger partial charge in [0.2, 0.25) is 11.7 Å². The number of rotatable bonds is 10. The Morgan fingerprint density at radius 1 is 1.24 bits per heavy atom. The van der Waals surface area contributed by atoms with Crippen LogP contribution in [0.15, 0.2) is 33.8 Å². The van der Waals surface area contributed by atoms with Gasteiger partial charge in [0.05, 0.1) is 7.11 Å². The molecule has 7 heteroatoms. The third-order valence-corrected chi connectivity index (χ3v) is 3.70. The number of aryl methyl sites for hydroxylation is 1. The first-order chi connectivity index (χ1) is 12.2. The van der Waals surface area contributed by atoms with E-state index < -0.39 is 0 Å². The molecule has 0 radical (unpaired) electrons. The summed E-state index contributed by atoms with van der Waals surface area (Å²) in [5.41, 5.74) is 6.66. The summed E-state index contributed by atoms with van der Waals surface area (Å²) in [7, 11) is 1.64. The van der Waals surface area contributed by atoms with Crippen LogP contribution in [0.2, 0.25) is 0 Å². The molecule has 0 aliphatic heterocycles. The number of unbranched alkanes of at least 4 members (excludes halogenated alkanes) is 2. The van der Waals surface area contributed by atoms with Gasteiger partial charge in [-0.2, -0.15) is 4.98 Å². The molecule has 0 amide bonds. The van der Waals surface area contributed by atoms with E-state index in [-0.39, 0.29) is 0 Å². The second-order valence-electron chi connectivity index (χ2n) is 5.74. The van der Waals surface area contributed by atoms with E-state index in [0.717, 1.165) is 56.5 Å². The lowest BCUT2D eigenvalue weighted by molar-refractivity contribution is 0.374. The predicted molar refractivity (Wildman–Crippen MR) is 98.6 cm³/mol. The summed E-state index contributed by atoms with van der Waals surface area (Å²) < 4.78 is 10.5. The lowest BCUT2D eigenvalue weighted by Gasteiger charge is -2.04. The van der Waals surface area contributed by atoms with E-state index in [2.05, 4.69) is 27.4 Å². The van der Waals surface area contributed by atoms with Crippen molar-refractivity contribution in [1.29, 1.82) is 0 Å². The van der Waals surface area contributed by atoms with Gasteiger partial charge in [-0.1, -0.05) is 18.5 Å². The van der Waals surface area contributed by atoms with E-state index >= 15 is 0 Å². The Hall–Kier alpha value is -2.57. The average molecular weight is 345 g/mol. The molecule has 0 saturated heterocycles. The highest BCUT2D eigenvalue weighted by molar-refractivity contribution is 5.77. The highest BCUT2D eigenvalue weighted by Crippen LogP contribution is 2.20. The fourth-order valence-electron chi connectivity index (χ4n) is 2.30. The van der Waals surface area contributed by atoms with Gasteiger partial charge in [0, 0.05) is 25.1 Å². The monoisotopic (exact) mass is 345 g/mol. The van der Waals surface area contributed by atoms with E-state index in [9.17, 15) is 0 Å². The van der Waals surface area contributed by atoms with E-state index in [4.69, 9.17) is 15.0 Å². The number of benzene rings is 1. The molecule has 2 rings (SSSR count). The number of aliphatic imine (C=N–C) groups is 1. The molecule has 0 bridgehead atoms. The van der Waals surface area contributed by atoms with Crippen molar-refractivity contribution in [3.05, 3.63) is 30.2 Å². The average Bonchev–Trinajstić information content (AvgIpc) is 3.11. The van der Waals surface area contributed by atoms with Gasteiger partial charge in [-0.05, 0) is 43.5 Å². The first kappa shape index (κ1) is 18.8. The summed E-state index contributed by atoms with van der Waals surface area (Å²) in [6.45, 7) is 3.68. The topological polar surface area (TPSA) is 98.6 Å². The summed E-state index contributed by atoms with van der Waals surface area (Å²) in [6.07, 6.45) is 4.88. The van der Waals surface area contributed by atoms with Crippen LogP contribution >= 0.6 is 0 Å². The largest absolute Gasteiger partial charge is 0.497 e. The molecule has 1 heterocycles. The molecule has 0 spiro atoms. The summed E-state index contributed by atoms with van der Waals surface area (Å²) in [6, 6.07) is 7.61. The molecule has 1 aromatic carbocycles. The zero-order chi connectivity index (χ0) is 17.9. The summed E-state index contributed by atoms with van der Waals surface area (Å²) in [4.78, 5) is 8.64. The van der Waals surface area contributed by atoms with Crippen molar-refractivity contribution in [3.63, 3.8) is 0 Å². The predicted octanol–water partition coefficient (Wildman–Crippen LogP) is 2.77. The second kappa shape index (κ2) is 10.3. The number of guanidine groups is 1. The number of nitrogens with two attached hydrogens (primary N) is 1. The Labute approximate surface area is 148 Å². The molecule has 3 N–H and O–H groups in total. The maximum absolute atomic E-state index is 5.74. The molecule has 0 aliphatic rings. The summed E-state index contributed by atoms with van der Waals surface area (Å²) in [5, 5.41) is 7.15. The highest BCUT2D eigenvalue weighted by atomic mass is 16.5. The van der Waals surface area contributed by atoms with Crippen LogP contribution < -0.4 is 15.8 Å². The molecule has 7 nitrogen and oxygen atoms in total. The van der Waals surface area contributed by atoms with Gasteiger partial charge in [-0.3, -0.25) is 4.99 Å². The zero-order valence-electron chi connectivity index (χ0n) is 15.0. The molecule has 136 valence electrons. The van der Waals surface area contributed by atoms with Gasteiger partial charge in [-0.25, -0.2) is 0 Å². The minimum absolute atomic E-state index is 0.530. The van der Waals surface area contributed by atoms with Crippen LogP contribution in [-0.2, 0) is 6.42 Å². The van der Waals surface area contributed by atoms with Crippen molar-refractivity contribution < 1.29 is 9.26 Å². The van der Waals surface area contributed by atoms with Crippen molar-refractivity contribution >= 4 is 5.96 Å². The molecule has 0 fully saturated rings. The Bertz CT molecular complexity index is 652. The molecule has 0 aliphatic carbocycles. The van der Waals surface area contributed by atoms with Crippen LogP contribution in [0.4, 0.5) is 0 Å². The molecular formula is C18H27N5O2. The van der Waals surface area contributed by atoms with E-state index in [1.54, 1.807) is 7.11 Å². The minimum atomic E-state index is 0.530. The van der Waals surface area contributed by atoms with Crippen molar-refractivity contribution in [1.82, 2.24) is 15.5 Å². The maximum atomic E-state index is 5.74. The number of aromatic nitrogens is 2. The van der Waals surface area contributed by atoms with Gasteiger partial charge < -0.3 is 20.3 Å². The number of nitrogens with one attached hydrogen (secondary N) is 1. The fourth-order valence-corrected chi connectivity index (χ4v) is 2.30. The Kier molecular flexibility index (Phi) is 7.75. The molecule has 0 unspecified atom stereocenters. The van der Waals surface area contributed by atoms with Crippen LogP contribution in [0, 0.1) is 0 Å². The number of methoxy groups -OCH3 is 1. The van der Waals surface area contributed by atoms with E-state index in [1.807, 2.05) is 24.3 Å².